The van der Waals surface area contributed by atoms with Gasteiger partial charge in [0.05, 0.1) is 30.3 Å². The lowest BCUT2D eigenvalue weighted by atomic mass is 9.80. The lowest BCUT2D eigenvalue weighted by Crippen LogP contribution is -2.54. The minimum Gasteiger partial charge on any atom is -0.465 e. The van der Waals surface area contributed by atoms with Crippen molar-refractivity contribution in [1.29, 1.82) is 5.26 Å². The first kappa shape index (κ1) is 24.9. The Balaban J connectivity index is 2.88. The third-order valence-corrected chi connectivity index (χ3v) is 10.8. The van der Waals surface area contributed by atoms with Gasteiger partial charge in [-0.05, 0) is 58.2 Å². The van der Waals surface area contributed by atoms with E-state index >= 15 is 0 Å². The summed E-state index contributed by atoms with van der Waals surface area (Å²) < 4.78 is 12.7. The van der Waals surface area contributed by atoms with Gasteiger partial charge in [0, 0.05) is 12.1 Å². The van der Waals surface area contributed by atoms with Crippen molar-refractivity contribution in [2.75, 3.05) is 13.2 Å². The fraction of sp³-hybridized carbons (Fsp3) is 0.905. The second kappa shape index (κ2) is 8.72. The molecular formula is C21H40N2O4Si. The number of hydrogen-bond donors (Lipinski definition) is 1. The van der Waals surface area contributed by atoms with Crippen molar-refractivity contribution in [2.45, 2.75) is 104 Å². The van der Waals surface area contributed by atoms with Crippen LogP contribution >= 0.6 is 0 Å². The van der Waals surface area contributed by atoms with Gasteiger partial charge in [-0.25, -0.2) is 4.79 Å². The summed E-state index contributed by atoms with van der Waals surface area (Å²) in [6.45, 7) is 19.2. The van der Waals surface area contributed by atoms with Crippen molar-refractivity contribution >= 4 is 14.4 Å². The number of ether oxygens (including phenoxy) is 1. The fourth-order valence-corrected chi connectivity index (χ4v) is 4.68. The van der Waals surface area contributed by atoms with Gasteiger partial charge in [-0.1, -0.05) is 27.7 Å². The highest BCUT2D eigenvalue weighted by Crippen LogP contribution is 2.40. The summed E-state index contributed by atoms with van der Waals surface area (Å²) in [5.74, 6) is 0. The highest BCUT2D eigenvalue weighted by molar-refractivity contribution is 6.74. The molecule has 1 amide bonds. The van der Waals surface area contributed by atoms with Gasteiger partial charge >= 0.3 is 6.09 Å². The van der Waals surface area contributed by atoms with Crippen LogP contribution in [-0.4, -0.2) is 55.3 Å². The minimum absolute atomic E-state index is 0.00998. The molecule has 0 radical (unpaired) electrons. The van der Waals surface area contributed by atoms with Gasteiger partial charge in [-0.15, -0.1) is 0 Å². The van der Waals surface area contributed by atoms with E-state index in [0.717, 1.165) is 6.42 Å². The van der Waals surface area contributed by atoms with Gasteiger partial charge in [0.25, 0.3) is 0 Å². The van der Waals surface area contributed by atoms with Gasteiger partial charge in [-0.3, -0.25) is 0 Å². The van der Waals surface area contributed by atoms with Crippen LogP contribution in [0.3, 0.4) is 0 Å². The third kappa shape index (κ3) is 5.95. The van der Waals surface area contributed by atoms with Crippen molar-refractivity contribution in [1.82, 2.24) is 4.90 Å². The number of nitriles is 1. The van der Waals surface area contributed by atoms with Crippen molar-refractivity contribution in [2.24, 2.45) is 5.41 Å². The molecule has 1 aliphatic heterocycles. The smallest absolute Gasteiger partial charge is 0.407 e. The Morgan fingerprint density at radius 3 is 2.25 bits per heavy atom. The standard InChI is InChI=1S/C21H40N2O4Si/c1-10-16(27-28(8,9)20(5,6)7)17-11-12-21(13-22,15-26-17)14-23(18(24)25)19(2,3)4/h16-17H,10-12,14-15H2,1-9H3,(H,24,25). The summed E-state index contributed by atoms with van der Waals surface area (Å²) in [5.41, 5.74) is -1.37. The number of hydrogen-bond acceptors (Lipinski definition) is 4. The molecule has 28 heavy (non-hydrogen) atoms. The molecule has 0 bridgehead atoms. The molecule has 162 valence electrons. The SMILES string of the molecule is CCC(O[Si](C)(C)C(C)(C)C)C1CCC(C#N)(CN(C(=O)O)C(C)(C)C)CO1. The zero-order valence-corrected chi connectivity index (χ0v) is 20.3. The molecule has 1 aliphatic rings. The van der Waals surface area contributed by atoms with Gasteiger partial charge in [0.2, 0.25) is 0 Å². The van der Waals surface area contributed by atoms with Crippen molar-refractivity contribution in [3.63, 3.8) is 0 Å². The van der Waals surface area contributed by atoms with E-state index in [2.05, 4.69) is 46.9 Å². The maximum atomic E-state index is 11.7. The average molecular weight is 413 g/mol. The average Bonchev–Trinajstić information content (AvgIpc) is 2.56. The maximum Gasteiger partial charge on any atom is 0.407 e. The molecule has 1 saturated heterocycles. The van der Waals surface area contributed by atoms with Gasteiger partial charge in [0.1, 0.15) is 0 Å². The van der Waals surface area contributed by atoms with E-state index < -0.39 is 25.4 Å². The van der Waals surface area contributed by atoms with E-state index in [9.17, 15) is 15.2 Å². The molecular weight excluding hydrogens is 372 g/mol. The fourth-order valence-electron chi connectivity index (χ4n) is 3.25. The van der Waals surface area contributed by atoms with E-state index in [4.69, 9.17) is 9.16 Å². The second-order valence-corrected chi connectivity index (χ2v) is 15.4. The summed E-state index contributed by atoms with van der Waals surface area (Å²) in [4.78, 5) is 13.1. The van der Waals surface area contributed by atoms with Gasteiger partial charge in [0.15, 0.2) is 8.32 Å². The monoisotopic (exact) mass is 412 g/mol. The van der Waals surface area contributed by atoms with E-state index in [1.807, 2.05) is 20.8 Å². The van der Waals surface area contributed by atoms with Crippen LogP contribution in [0.2, 0.25) is 18.1 Å². The molecule has 3 unspecified atom stereocenters. The van der Waals surface area contributed by atoms with Crippen molar-refractivity contribution in [3.8, 4) is 6.07 Å². The third-order valence-electron chi connectivity index (χ3n) is 6.29. The lowest BCUT2D eigenvalue weighted by Gasteiger charge is -2.45. The molecule has 1 rings (SSSR count). The zero-order valence-electron chi connectivity index (χ0n) is 19.3. The molecule has 0 aromatic heterocycles. The van der Waals surface area contributed by atoms with Crippen LogP contribution in [0.15, 0.2) is 0 Å². The number of amides is 1. The number of carbonyl (C=O) groups is 1. The molecule has 1 fully saturated rings. The molecule has 1 heterocycles. The van der Waals surface area contributed by atoms with E-state index in [1.54, 1.807) is 0 Å². The van der Waals surface area contributed by atoms with Crippen molar-refractivity contribution in [3.05, 3.63) is 0 Å². The maximum absolute atomic E-state index is 11.7. The molecule has 6 nitrogen and oxygen atoms in total. The lowest BCUT2D eigenvalue weighted by molar-refractivity contribution is -0.100. The number of carboxylic acid groups (broad SMARTS) is 1. The minimum atomic E-state index is -1.91. The van der Waals surface area contributed by atoms with Gasteiger partial charge < -0.3 is 19.2 Å². The highest BCUT2D eigenvalue weighted by atomic mass is 28.4. The van der Waals surface area contributed by atoms with Gasteiger partial charge in [-0.2, -0.15) is 5.26 Å². The quantitative estimate of drug-likeness (QED) is 0.602. The first-order valence-corrected chi connectivity index (χ1v) is 13.2. The number of nitrogens with zero attached hydrogens (tertiary/aromatic N) is 2. The second-order valence-electron chi connectivity index (χ2n) is 10.6. The Morgan fingerprint density at radius 1 is 1.36 bits per heavy atom. The predicted molar refractivity (Wildman–Crippen MR) is 114 cm³/mol. The van der Waals surface area contributed by atoms with Crippen molar-refractivity contribution < 1.29 is 19.1 Å². The summed E-state index contributed by atoms with van der Waals surface area (Å²) in [6, 6.07) is 2.36. The predicted octanol–water partition coefficient (Wildman–Crippen LogP) is 5.25. The first-order valence-electron chi connectivity index (χ1n) is 10.3. The highest BCUT2D eigenvalue weighted by Gasteiger charge is 2.45. The summed E-state index contributed by atoms with van der Waals surface area (Å²) >= 11 is 0. The van der Waals surface area contributed by atoms with Crippen LogP contribution in [0.1, 0.15) is 67.7 Å². The Bertz CT molecular complexity index is 579. The molecule has 0 aliphatic carbocycles. The topological polar surface area (TPSA) is 82.8 Å². The number of rotatable bonds is 6. The van der Waals surface area contributed by atoms with Crippen LogP contribution in [-0.2, 0) is 9.16 Å². The first-order chi connectivity index (χ1) is 12.6. The largest absolute Gasteiger partial charge is 0.465 e. The summed E-state index contributed by atoms with van der Waals surface area (Å²) in [7, 11) is -1.91. The van der Waals surface area contributed by atoms with Crippen LogP contribution < -0.4 is 0 Å². The van der Waals surface area contributed by atoms with Crippen LogP contribution in [0, 0.1) is 16.7 Å². The van der Waals surface area contributed by atoms with E-state index in [1.165, 1.54) is 4.90 Å². The van der Waals surface area contributed by atoms with E-state index in [-0.39, 0.29) is 30.4 Å². The van der Waals surface area contributed by atoms with E-state index in [0.29, 0.717) is 12.8 Å². The Morgan fingerprint density at radius 2 is 1.93 bits per heavy atom. The summed E-state index contributed by atoms with van der Waals surface area (Å²) in [5, 5.41) is 19.6. The Hall–Kier alpha value is -1.10. The molecule has 7 heteroatoms. The van der Waals surface area contributed by atoms with Crippen LogP contribution in [0.25, 0.3) is 0 Å². The zero-order chi connectivity index (χ0) is 22.0. The summed E-state index contributed by atoms with van der Waals surface area (Å²) in [6.07, 6.45) is 1.14. The van der Waals surface area contributed by atoms with Crippen LogP contribution in [0.4, 0.5) is 4.79 Å². The molecule has 0 aromatic carbocycles. The molecule has 0 saturated carbocycles. The normalized spacial score (nSPS) is 25.1. The Labute approximate surface area is 172 Å². The molecule has 0 spiro atoms. The molecule has 1 N–H and O–H groups in total. The molecule has 0 aromatic rings. The molecule has 3 atom stereocenters. The van der Waals surface area contributed by atoms with Crippen LogP contribution in [0.5, 0.6) is 0 Å². The Kier molecular flexibility index (Phi) is 7.77.